The Kier molecular flexibility index (Phi) is 6.52. The standard InChI is InChI=1S/C31H44N4O2/c36-30(37)20-33-14-6-13-29(33)31-32-27-11-3-4-12-28(27)35(31)26-18-23-9-5-10-24(19-26)34(23)25-16-21-7-1-2-8-22(15-21)17-25/h3-4,11-12,21-26,29H,1-2,5-10,13-20H2,(H,36,37)/t21-,22+,23-,24?,25?,26?,29-/m1/s1. The number of aliphatic carboxylic acids is 1. The molecule has 3 unspecified atom stereocenters. The third-order valence-corrected chi connectivity index (χ3v) is 10.8. The van der Waals surface area contributed by atoms with Crippen LogP contribution in [-0.4, -0.2) is 61.6 Å². The zero-order valence-electron chi connectivity index (χ0n) is 22.3. The van der Waals surface area contributed by atoms with Gasteiger partial charge in [-0.2, -0.15) is 0 Å². The minimum absolute atomic E-state index is 0.113. The van der Waals surface area contributed by atoms with E-state index in [2.05, 4.69) is 38.6 Å². The van der Waals surface area contributed by atoms with Crippen LogP contribution in [0.25, 0.3) is 11.0 Å². The smallest absolute Gasteiger partial charge is 0.317 e. The maximum absolute atomic E-state index is 11.6. The van der Waals surface area contributed by atoms with Crippen LogP contribution in [0.2, 0.25) is 0 Å². The Balaban J connectivity index is 1.20. The number of aromatic nitrogens is 2. The second kappa shape index (κ2) is 10.00. The summed E-state index contributed by atoms with van der Waals surface area (Å²) in [7, 11) is 0. The van der Waals surface area contributed by atoms with E-state index in [0.717, 1.165) is 48.6 Å². The largest absolute Gasteiger partial charge is 0.480 e. The first kappa shape index (κ1) is 24.1. The van der Waals surface area contributed by atoms with E-state index in [1.165, 1.54) is 82.6 Å². The van der Waals surface area contributed by atoms with Crippen molar-refractivity contribution in [2.45, 2.75) is 120 Å². The molecule has 4 heterocycles. The van der Waals surface area contributed by atoms with Crippen LogP contribution in [0.3, 0.4) is 0 Å². The van der Waals surface area contributed by atoms with Crippen molar-refractivity contribution in [1.29, 1.82) is 0 Å². The molecular weight excluding hydrogens is 460 g/mol. The summed E-state index contributed by atoms with van der Waals surface area (Å²) in [5.74, 6) is 2.33. The zero-order valence-corrected chi connectivity index (χ0v) is 22.3. The summed E-state index contributed by atoms with van der Waals surface area (Å²) >= 11 is 0. The van der Waals surface area contributed by atoms with Crippen LogP contribution in [0.15, 0.2) is 24.3 Å². The number of carboxylic acids is 1. The van der Waals surface area contributed by atoms with Gasteiger partial charge in [0.2, 0.25) is 0 Å². The number of piperidine rings is 2. The molecule has 2 aliphatic carbocycles. The molecule has 6 nitrogen and oxygen atoms in total. The van der Waals surface area contributed by atoms with Crippen LogP contribution in [-0.2, 0) is 4.79 Å². The number of carboxylic acid groups (broad SMARTS) is 1. The second-order valence-corrected chi connectivity index (χ2v) is 13.0. The summed E-state index contributed by atoms with van der Waals surface area (Å²) in [6.07, 6.45) is 18.8. The Hall–Kier alpha value is -1.92. The number of hydrogen-bond donors (Lipinski definition) is 1. The van der Waals surface area contributed by atoms with Gasteiger partial charge in [-0.15, -0.1) is 0 Å². The number of imidazole rings is 1. The van der Waals surface area contributed by atoms with Gasteiger partial charge in [0.05, 0.1) is 23.6 Å². The molecule has 6 heteroatoms. The number of carbonyl (C=O) groups is 1. The molecule has 3 saturated heterocycles. The maximum Gasteiger partial charge on any atom is 0.317 e. The maximum atomic E-state index is 11.6. The van der Waals surface area contributed by atoms with Crippen molar-refractivity contribution in [3.05, 3.63) is 30.1 Å². The van der Waals surface area contributed by atoms with Crippen LogP contribution >= 0.6 is 0 Å². The fourth-order valence-electron chi connectivity index (χ4n) is 9.47. The highest BCUT2D eigenvalue weighted by atomic mass is 16.4. The Morgan fingerprint density at radius 2 is 1.54 bits per heavy atom. The zero-order chi connectivity index (χ0) is 24.9. The first-order valence-electron chi connectivity index (χ1n) is 15.3. The number of likely N-dealkylation sites (tertiary alicyclic amines) is 1. The van der Waals surface area contributed by atoms with Gasteiger partial charge in [0, 0.05) is 24.2 Å². The van der Waals surface area contributed by atoms with Crippen molar-refractivity contribution in [3.63, 3.8) is 0 Å². The molecule has 0 amide bonds. The van der Waals surface area contributed by atoms with Gasteiger partial charge in [-0.05, 0) is 88.3 Å². The average Bonchev–Trinajstić information content (AvgIpc) is 3.45. The Bertz CT molecular complexity index is 1100. The highest BCUT2D eigenvalue weighted by Crippen LogP contribution is 2.48. The summed E-state index contributed by atoms with van der Waals surface area (Å²) in [4.78, 5) is 22.0. The molecule has 2 saturated carbocycles. The van der Waals surface area contributed by atoms with E-state index in [4.69, 9.17) is 4.98 Å². The van der Waals surface area contributed by atoms with Crippen molar-refractivity contribution in [3.8, 4) is 0 Å². The Morgan fingerprint density at radius 3 is 2.27 bits per heavy atom. The van der Waals surface area contributed by atoms with Crippen molar-refractivity contribution >= 4 is 17.0 Å². The minimum Gasteiger partial charge on any atom is -0.480 e. The molecule has 0 spiro atoms. The summed E-state index contributed by atoms with van der Waals surface area (Å²) in [5, 5.41) is 9.56. The van der Waals surface area contributed by atoms with E-state index in [9.17, 15) is 9.90 Å². The lowest BCUT2D eigenvalue weighted by Crippen LogP contribution is -2.58. The van der Waals surface area contributed by atoms with Gasteiger partial charge in [-0.25, -0.2) is 4.98 Å². The highest BCUT2D eigenvalue weighted by Gasteiger charge is 2.46. The van der Waals surface area contributed by atoms with Gasteiger partial charge in [-0.3, -0.25) is 14.6 Å². The lowest BCUT2D eigenvalue weighted by molar-refractivity contribution is -0.138. The average molecular weight is 505 g/mol. The van der Waals surface area contributed by atoms with E-state index < -0.39 is 5.97 Å². The number of nitrogens with zero attached hydrogens (tertiary/aromatic N) is 4. The van der Waals surface area contributed by atoms with Gasteiger partial charge < -0.3 is 9.67 Å². The molecule has 5 aliphatic rings. The van der Waals surface area contributed by atoms with Gasteiger partial charge in [0.25, 0.3) is 0 Å². The fraction of sp³-hybridized carbons (Fsp3) is 0.742. The van der Waals surface area contributed by atoms with E-state index >= 15 is 0 Å². The molecule has 3 aliphatic heterocycles. The van der Waals surface area contributed by atoms with E-state index in [1.54, 1.807) is 0 Å². The van der Waals surface area contributed by atoms with E-state index in [1.807, 2.05) is 0 Å². The lowest BCUT2D eigenvalue weighted by atomic mass is 9.73. The third kappa shape index (κ3) is 4.52. The fourth-order valence-corrected chi connectivity index (χ4v) is 9.47. The van der Waals surface area contributed by atoms with Gasteiger partial charge >= 0.3 is 5.97 Å². The third-order valence-electron chi connectivity index (χ3n) is 10.8. The summed E-state index contributed by atoms with van der Waals surface area (Å²) in [5.41, 5.74) is 2.32. The first-order valence-corrected chi connectivity index (χ1v) is 15.3. The van der Waals surface area contributed by atoms with Crippen LogP contribution in [0.4, 0.5) is 0 Å². The number of rotatable bonds is 5. The van der Waals surface area contributed by atoms with Crippen LogP contribution in [0.5, 0.6) is 0 Å². The van der Waals surface area contributed by atoms with Gasteiger partial charge in [-0.1, -0.05) is 44.2 Å². The predicted molar refractivity (Wildman–Crippen MR) is 146 cm³/mol. The summed E-state index contributed by atoms with van der Waals surface area (Å²) < 4.78 is 2.59. The van der Waals surface area contributed by atoms with Crippen LogP contribution < -0.4 is 0 Å². The SMILES string of the molecule is O=C(O)CN1CCC[C@@H]1c1nc2ccccc2n1C1CC2CCC[C@H](C1)N2C1C[C@H]2CCCC[C@@H](C1)C2. The highest BCUT2D eigenvalue weighted by molar-refractivity contribution is 5.76. The second-order valence-electron chi connectivity index (χ2n) is 13.0. The monoisotopic (exact) mass is 504 g/mol. The number of fused-ring (bicyclic) bond motifs is 5. The molecule has 37 heavy (non-hydrogen) atoms. The molecule has 5 fully saturated rings. The molecule has 0 radical (unpaired) electrons. The number of benzene rings is 1. The molecule has 200 valence electrons. The van der Waals surface area contributed by atoms with Crippen molar-refractivity contribution in [2.75, 3.05) is 13.1 Å². The molecule has 2 aromatic rings. The van der Waals surface area contributed by atoms with E-state index in [0.29, 0.717) is 18.1 Å². The number of hydrogen-bond acceptors (Lipinski definition) is 4. The molecular formula is C31H44N4O2. The molecule has 7 atom stereocenters. The van der Waals surface area contributed by atoms with Crippen LogP contribution in [0.1, 0.15) is 108 Å². The van der Waals surface area contributed by atoms with E-state index in [-0.39, 0.29) is 12.6 Å². The molecule has 4 bridgehead atoms. The van der Waals surface area contributed by atoms with Crippen molar-refractivity contribution in [2.24, 2.45) is 11.8 Å². The first-order chi connectivity index (χ1) is 18.1. The minimum atomic E-state index is -0.731. The molecule has 1 aromatic carbocycles. The quantitative estimate of drug-likeness (QED) is 0.527. The van der Waals surface area contributed by atoms with Gasteiger partial charge in [0.1, 0.15) is 5.82 Å². The Labute approximate surface area is 221 Å². The van der Waals surface area contributed by atoms with Gasteiger partial charge in [0.15, 0.2) is 0 Å². The normalized spacial score (nSPS) is 37.0. The molecule has 1 N–H and O–H groups in total. The number of para-hydroxylation sites is 2. The lowest BCUT2D eigenvalue weighted by Gasteiger charge is -2.55. The topological polar surface area (TPSA) is 61.6 Å². The van der Waals surface area contributed by atoms with Crippen LogP contribution in [0, 0.1) is 11.8 Å². The van der Waals surface area contributed by atoms with Crippen molar-refractivity contribution < 1.29 is 9.90 Å². The van der Waals surface area contributed by atoms with Crippen molar-refractivity contribution in [1.82, 2.24) is 19.4 Å². The predicted octanol–water partition coefficient (Wildman–Crippen LogP) is 6.17. The molecule has 1 aromatic heterocycles. The Morgan fingerprint density at radius 1 is 0.811 bits per heavy atom. The molecule has 7 rings (SSSR count). The summed E-state index contributed by atoms with van der Waals surface area (Å²) in [6.45, 7) is 0.968. The summed E-state index contributed by atoms with van der Waals surface area (Å²) in [6, 6.07) is 11.4.